The SMILES string of the molecule is C=CC(N)C/C=C/CN1CCC(O)(/C=C/C=C\C)C1. The first-order valence-electron chi connectivity index (χ1n) is 6.88. The summed E-state index contributed by atoms with van der Waals surface area (Å²) in [4.78, 5) is 2.25. The lowest BCUT2D eigenvalue weighted by Gasteiger charge is -2.18. The molecule has 0 aromatic heterocycles. The maximum absolute atomic E-state index is 10.4. The van der Waals surface area contributed by atoms with E-state index in [0.717, 1.165) is 25.9 Å². The fourth-order valence-corrected chi connectivity index (χ4v) is 2.11. The molecule has 1 aliphatic heterocycles. The zero-order chi connectivity index (χ0) is 14.1. The first kappa shape index (κ1) is 15.9. The molecule has 0 spiro atoms. The molecule has 1 heterocycles. The molecule has 0 amide bonds. The van der Waals surface area contributed by atoms with Gasteiger partial charge in [0.25, 0.3) is 0 Å². The van der Waals surface area contributed by atoms with Crippen molar-refractivity contribution in [3.63, 3.8) is 0 Å². The summed E-state index contributed by atoms with van der Waals surface area (Å²) in [7, 11) is 0. The van der Waals surface area contributed by atoms with Crippen LogP contribution >= 0.6 is 0 Å². The van der Waals surface area contributed by atoms with Crippen LogP contribution in [-0.2, 0) is 0 Å². The number of nitrogens with zero attached hydrogens (tertiary/aromatic N) is 1. The average molecular weight is 262 g/mol. The Kier molecular flexibility index (Phi) is 6.78. The summed E-state index contributed by atoms with van der Waals surface area (Å²) in [5, 5.41) is 10.4. The summed E-state index contributed by atoms with van der Waals surface area (Å²) in [6.07, 6.45) is 15.3. The Morgan fingerprint density at radius 3 is 2.89 bits per heavy atom. The van der Waals surface area contributed by atoms with Gasteiger partial charge in [-0.2, -0.15) is 0 Å². The Morgan fingerprint density at radius 1 is 1.42 bits per heavy atom. The molecule has 1 aliphatic rings. The first-order chi connectivity index (χ1) is 9.09. The van der Waals surface area contributed by atoms with Crippen LogP contribution in [0.1, 0.15) is 19.8 Å². The van der Waals surface area contributed by atoms with Crippen LogP contribution < -0.4 is 5.73 Å². The first-order valence-corrected chi connectivity index (χ1v) is 6.88. The van der Waals surface area contributed by atoms with Crippen LogP contribution in [0.3, 0.4) is 0 Å². The predicted molar refractivity (Wildman–Crippen MR) is 81.9 cm³/mol. The van der Waals surface area contributed by atoms with Gasteiger partial charge in [-0.05, 0) is 19.8 Å². The van der Waals surface area contributed by atoms with Gasteiger partial charge in [0.1, 0.15) is 0 Å². The number of rotatable bonds is 7. The second-order valence-electron chi connectivity index (χ2n) is 5.08. The maximum atomic E-state index is 10.4. The smallest absolute Gasteiger partial charge is 0.0969 e. The third-order valence-corrected chi connectivity index (χ3v) is 3.31. The molecular formula is C16H26N2O. The van der Waals surface area contributed by atoms with Gasteiger partial charge in [-0.1, -0.05) is 42.5 Å². The van der Waals surface area contributed by atoms with Gasteiger partial charge in [-0.25, -0.2) is 0 Å². The van der Waals surface area contributed by atoms with Crippen molar-refractivity contribution in [2.24, 2.45) is 5.73 Å². The zero-order valence-electron chi connectivity index (χ0n) is 11.8. The average Bonchev–Trinajstić information content (AvgIpc) is 2.77. The minimum absolute atomic E-state index is 0.0375. The Balaban J connectivity index is 2.33. The highest BCUT2D eigenvalue weighted by atomic mass is 16.3. The van der Waals surface area contributed by atoms with E-state index < -0.39 is 5.60 Å². The van der Waals surface area contributed by atoms with Gasteiger partial charge in [0, 0.05) is 25.7 Å². The molecule has 2 atom stereocenters. The Hall–Kier alpha value is -1.16. The van der Waals surface area contributed by atoms with Gasteiger partial charge in [0.15, 0.2) is 0 Å². The molecule has 1 rings (SSSR count). The van der Waals surface area contributed by atoms with Crippen LogP contribution in [0.5, 0.6) is 0 Å². The van der Waals surface area contributed by atoms with Crippen LogP contribution in [0, 0.1) is 0 Å². The Labute approximate surface area is 116 Å². The number of aliphatic hydroxyl groups is 1. The van der Waals surface area contributed by atoms with E-state index in [9.17, 15) is 5.11 Å². The van der Waals surface area contributed by atoms with E-state index in [1.807, 2.05) is 31.2 Å². The van der Waals surface area contributed by atoms with Crippen LogP contribution in [0.25, 0.3) is 0 Å². The van der Waals surface area contributed by atoms with Crippen LogP contribution in [0.15, 0.2) is 49.1 Å². The van der Waals surface area contributed by atoms with Gasteiger partial charge >= 0.3 is 0 Å². The highest BCUT2D eigenvalue weighted by Gasteiger charge is 2.32. The van der Waals surface area contributed by atoms with Crippen molar-refractivity contribution in [1.29, 1.82) is 0 Å². The summed E-state index contributed by atoms with van der Waals surface area (Å²) in [5.41, 5.74) is 5.06. The van der Waals surface area contributed by atoms with E-state index >= 15 is 0 Å². The molecule has 3 N–H and O–H groups in total. The zero-order valence-corrected chi connectivity index (χ0v) is 11.8. The lowest BCUT2D eigenvalue weighted by molar-refractivity contribution is 0.100. The van der Waals surface area contributed by atoms with E-state index in [4.69, 9.17) is 5.73 Å². The van der Waals surface area contributed by atoms with Crippen molar-refractivity contribution < 1.29 is 5.11 Å². The molecule has 2 unspecified atom stereocenters. The second kappa shape index (κ2) is 8.10. The molecule has 3 heteroatoms. The van der Waals surface area contributed by atoms with Gasteiger partial charge < -0.3 is 10.8 Å². The second-order valence-corrected chi connectivity index (χ2v) is 5.08. The van der Waals surface area contributed by atoms with Crippen molar-refractivity contribution in [2.75, 3.05) is 19.6 Å². The summed E-state index contributed by atoms with van der Waals surface area (Å²) in [5.74, 6) is 0. The van der Waals surface area contributed by atoms with Gasteiger partial charge in [0.2, 0.25) is 0 Å². The number of nitrogens with two attached hydrogens (primary N) is 1. The van der Waals surface area contributed by atoms with E-state index in [-0.39, 0.29) is 6.04 Å². The lowest BCUT2D eigenvalue weighted by atomic mass is 10.0. The van der Waals surface area contributed by atoms with Crippen molar-refractivity contribution in [3.05, 3.63) is 49.1 Å². The summed E-state index contributed by atoms with van der Waals surface area (Å²) in [6, 6.07) is 0.0375. The molecule has 0 aliphatic carbocycles. The Bertz CT molecular complexity index is 360. The monoisotopic (exact) mass is 262 g/mol. The van der Waals surface area contributed by atoms with Gasteiger partial charge in [0.05, 0.1) is 5.60 Å². The maximum Gasteiger partial charge on any atom is 0.0969 e. The standard InChI is InChI=1S/C16H26N2O/c1-3-5-7-10-16(19)11-13-18(14-16)12-8-6-9-15(17)4-2/h3-8,10,15,19H,2,9,11-14,17H2,1H3/b5-3-,8-6+,10-7+. The highest BCUT2D eigenvalue weighted by molar-refractivity contribution is 5.13. The molecule has 3 nitrogen and oxygen atoms in total. The third-order valence-electron chi connectivity index (χ3n) is 3.31. The highest BCUT2D eigenvalue weighted by Crippen LogP contribution is 2.22. The molecule has 1 fully saturated rings. The molecule has 0 bridgehead atoms. The fraction of sp³-hybridized carbons (Fsp3) is 0.500. The van der Waals surface area contributed by atoms with E-state index in [1.165, 1.54) is 0 Å². The molecule has 0 aromatic rings. The normalized spacial score (nSPS) is 26.9. The van der Waals surface area contributed by atoms with E-state index in [1.54, 1.807) is 6.08 Å². The topological polar surface area (TPSA) is 49.5 Å². The number of allylic oxidation sites excluding steroid dienone is 3. The minimum Gasteiger partial charge on any atom is -0.384 e. The number of hydrogen-bond acceptors (Lipinski definition) is 3. The number of β-amino-alcohol motifs (C(OH)–C–C–N with tert-alkyl or cyclic N) is 1. The molecule has 19 heavy (non-hydrogen) atoms. The van der Waals surface area contributed by atoms with E-state index in [2.05, 4.69) is 23.6 Å². The van der Waals surface area contributed by atoms with Gasteiger partial charge in [-0.15, -0.1) is 6.58 Å². The molecule has 0 radical (unpaired) electrons. The van der Waals surface area contributed by atoms with Crippen LogP contribution in [0.4, 0.5) is 0 Å². The minimum atomic E-state index is -0.676. The summed E-state index contributed by atoms with van der Waals surface area (Å²) in [6.45, 7) is 8.11. The van der Waals surface area contributed by atoms with Crippen molar-refractivity contribution >= 4 is 0 Å². The summed E-state index contributed by atoms with van der Waals surface area (Å²) >= 11 is 0. The van der Waals surface area contributed by atoms with Crippen LogP contribution in [0.2, 0.25) is 0 Å². The largest absolute Gasteiger partial charge is 0.384 e. The fourth-order valence-electron chi connectivity index (χ4n) is 2.11. The van der Waals surface area contributed by atoms with Crippen molar-refractivity contribution in [3.8, 4) is 0 Å². The number of likely N-dealkylation sites (tertiary alicyclic amines) is 1. The van der Waals surface area contributed by atoms with Crippen molar-refractivity contribution in [2.45, 2.75) is 31.4 Å². The lowest BCUT2D eigenvalue weighted by Crippen LogP contribution is -2.31. The number of hydrogen-bond donors (Lipinski definition) is 2. The van der Waals surface area contributed by atoms with Gasteiger partial charge in [-0.3, -0.25) is 4.90 Å². The molecule has 0 aromatic carbocycles. The third kappa shape index (κ3) is 6.01. The molecule has 1 saturated heterocycles. The molecular weight excluding hydrogens is 236 g/mol. The predicted octanol–water partition coefficient (Wildman–Crippen LogP) is 2.02. The molecule has 106 valence electrons. The quantitative estimate of drug-likeness (QED) is 0.545. The Morgan fingerprint density at radius 2 is 2.21 bits per heavy atom. The van der Waals surface area contributed by atoms with Crippen LogP contribution in [-0.4, -0.2) is 41.3 Å². The molecule has 0 saturated carbocycles. The summed E-state index contributed by atoms with van der Waals surface area (Å²) < 4.78 is 0. The van der Waals surface area contributed by atoms with Crippen molar-refractivity contribution in [1.82, 2.24) is 4.90 Å². The van der Waals surface area contributed by atoms with E-state index in [0.29, 0.717) is 6.54 Å².